The third-order valence-corrected chi connectivity index (χ3v) is 6.16. The van der Waals surface area contributed by atoms with Gasteiger partial charge in [-0.3, -0.25) is 10.1 Å². The minimum atomic E-state index is -0.778. The second-order valence-corrected chi connectivity index (χ2v) is 8.43. The number of aromatic nitrogens is 4. The third kappa shape index (κ3) is 4.60. The Morgan fingerprint density at radius 1 is 0.757 bits per heavy atom. The predicted molar refractivity (Wildman–Crippen MR) is 134 cm³/mol. The zero-order valence-corrected chi connectivity index (χ0v) is 20.9. The first kappa shape index (κ1) is 25.7. The molecule has 0 aliphatic heterocycles. The number of para-hydroxylation sites is 2. The molecule has 5 rings (SSSR count). The normalized spacial score (nSPS) is 10.9. The van der Waals surface area contributed by atoms with Gasteiger partial charge in [-0.05, 0) is 43.7 Å². The predicted octanol–water partition coefficient (Wildman–Crippen LogP) is 5.17. The molecule has 10 heteroatoms. The number of hydrogen-bond donors (Lipinski definition) is 2. The molecule has 0 aliphatic carbocycles. The van der Waals surface area contributed by atoms with Gasteiger partial charge in [0.2, 0.25) is 11.8 Å². The number of nitro groups is 1. The third-order valence-electron chi connectivity index (χ3n) is 6.16. The molecule has 2 heterocycles. The second-order valence-electron chi connectivity index (χ2n) is 8.43. The number of aromatic hydroxyl groups is 2. The summed E-state index contributed by atoms with van der Waals surface area (Å²) in [4.78, 5) is 11.1. The summed E-state index contributed by atoms with van der Waals surface area (Å²) in [7, 11) is 0. The van der Waals surface area contributed by atoms with Crippen LogP contribution in [0.1, 0.15) is 34.0 Å². The fourth-order valence-electron chi connectivity index (χ4n) is 4.52. The van der Waals surface area contributed by atoms with Crippen LogP contribution in [0, 0.1) is 24.0 Å². The quantitative estimate of drug-likeness (QED) is 0.173. The van der Waals surface area contributed by atoms with E-state index >= 15 is 0 Å². The number of nitrogens with zero attached hydrogens (tertiary/aromatic N) is 5. The minimum Gasteiger partial charge on any atom is -0.493 e. The van der Waals surface area contributed by atoms with Crippen molar-refractivity contribution in [2.45, 2.75) is 19.8 Å². The molecule has 0 unspecified atom stereocenters. The van der Waals surface area contributed by atoms with Gasteiger partial charge in [-0.2, -0.15) is 10.2 Å². The van der Waals surface area contributed by atoms with Crippen LogP contribution >= 0.6 is 0 Å². The van der Waals surface area contributed by atoms with Crippen LogP contribution in [0.4, 0.5) is 5.69 Å². The summed E-state index contributed by atoms with van der Waals surface area (Å²) >= 11 is 0. The number of hydrogen-bond acceptors (Lipinski definition) is 6. The van der Waals surface area contributed by atoms with E-state index in [0.717, 1.165) is 0 Å². The van der Waals surface area contributed by atoms with Crippen molar-refractivity contribution in [2.75, 3.05) is 0 Å². The van der Waals surface area contributed by atoms with Crippen molar-refractivity contribution in [2.24, 2.45) is 0 Å². The van der Waals surface area contributed by atoms with E-state index in [-0.39, 0.29) is 34.5 Å². The van der Waals surface area contributed by atoms with Crippen molar-refractivity contribution in [3.63, 3.8) is 0 Å². The molecule has 3 aromatic carbocycles. The van der Waals surface area contributed by atoms with Crippen LogP contribution in [0.25, 0.3) is 11.4 Å². The molecule has 5 aromatic rings. The standard InChI is InChI=1S/C27H23N5O4.Cu/c1-17-23(26(33)30(28-17)20-11-5-3-6-12-20)25(19-10-9-15-22(16-19)32(35)36)24-18(2)29-31(27(24)34)21-13-7-4-8-14-21;/h3-16,25,33-34H,1-2H3;. The van der Waals surface area contributed by atoms with Gasteiger partial charge in [0.25, 0.3) is 5.69 Å². The Bertz CT molecular complexity index is 1480. The molecule has 37 heavy (non-hydrogen) atoms. The van der Waals surface area contributed by atoms with Crippen LogP contribution in [0.15, 0.2) is 84.9 Å². The second kappa shape index (κ2) is 10.3. The minimum absolute atomic E-state index is 0. The monoisotopic (exact) mass is 544 g/mol. The topological polar surface area (TPSA) is 119 Å². The van der Waals surface area contributed by atoms with Crippen LogP contribution < -0.4 is 0 Å². The summed E-state index contributed by atoms with van der Waals surface area (Å²) in [6.45, 7) is 3.51. The summed E-state index contributed by atoms with van der Waals surface area (Å²) in [6.07, 6.45) is 0. The molecule has 0 bridgehead atoms. The average Bonchev–Trinajstić information content (AvgIpc) is 3.36. The molecule has 191 valence electrons. The summed E-state index contributed by atoms with van der Waals surface area (Å²) in [5, 5.41) is 43.5. The largest absolute Gasteiger partial charge is 0.493 e. The number of rotatable bonds is 6. The Morgan fingerprint density at radius 2 is 1.22 bits per heavy atom. The zero-order chi connectivity index (χ0) is 25.4. The van der Waals surface area contributed by atoms with Crippen molar-refractivity contribution in [1.29, 1.82) is 0 Å². The van der Waals surface area contributed by atoms with Gasteiger partial charge in [0, 0.05) is 46.2 Å². The van der Waals surface area contributed by atoms with Crippen LogP contribution in [0.3, 0.4) is 0 Å². The first-order chi connectivity index (χ1) is 17.4. The summed E-state index contributed by atoms with van der Waals surface area (Å²) in [5.41, 5.74) is 3.60. The molecule has 0 fully saturated rings. The van der Waals surface area contributed by atoms with Gasteiger partial charge >= 0.3 is 0 Å². The van der Waals surface area contributed by atoms with Crippen molar-refractivity contribution in [1.82, 2.24) is 19.6 Å². The molecule has 0 saturated heterocycles. The van der Waals surface area contributed by atoms with Gasteiger partial charge in [0.15, 0.2) is 0 Å². The van der Waals surface area contributed by atoms with E-state index in [1.54, 1.807) is 26.0 Å². The van der Waals surface area contributed by atoms with Crippen LogP contribution in [-0.2, 0) is 17.1 Å². The number of benzene rings is 3. The van der Waals surface area contributed by atoms with Crippen LogP contribution in [0.2, 0.25) is 0 Å². The van der Waals surface area contributed by atoms with E-state index in [1.165, 1.54) is 21.5 Å². The van der Waals surface area contributed by atoms with Crippen LogP contribution in [-0.4, -0.2) is 34.7 Å². The van der Waals surface area contributed by atoms with Crippen molar-refractivity contribution in [3.8, 4) is 23.1 Å². The van der Waals surface area contributed by atoms with Crippen LogP contribution in [0.5, 0.6) is 11.8 Å². The Labute approximate surface area is 223 Å². The zero-order valence-electron chi connectivity index (χ0n) is 19.9. The van der Waals surface area contributed by atoms with E-state index in [2.05, 4.69) is 10.2 Å². The van der Waals surface area contributed by atoms with Gasteiger partial charge in [-0.15, -0.1) is 0 Å². The molecular formula is C27H23CuN5O4. The summed E-state index contributed by atoms with van der Waals surface area (Å²) in [6, 6.07) is 24.5. The number of nitro benzene ring substituents is 1. The molecule has 0 saturated carbocycles. The molecule has 0 atom stereocenters. The first-order valence-corrected chi connectivity index (χ1v) is 11.3. The van der Waals surface area contributed by atoms with E-state index in [0.29, 0.717) is 39.5 Å². The van der Waals surface area contributed by atoms with Gasteiger partial charge in [0.05, 0.1) is 27.7 Å². The van der Waals surface area contributed by atoms with Gasteiger partial charge < -0.3 is 10.2 Å². The Balaban J connectivity index is 0.00000320. The Hall–Kier alpha value is -4.40. The van der Waals surface area contributed by atoms with E-state index in [1.807, 2.05) is 60.7 Å². The Morgan fingerprint density at radius 3 is 1.65 bits per heavy atom. The maximum atomic E-state index is 11.6. The molecule has 0 amide bonds. The molecule has 2 aromatic heterocycles. The molecule has 9 nitrogen and oxygen atoms in total. The van der Waals surface area contributed by atoms with Crippen molar-refractivity contribution < 1.29 is 32.2 Å². The maximum absolute atomic E-state index is 11.6. The summed E-state index contributed by atoms with van der Waals surface area (Å²) < 4.78 is 2.84. The first-order valence-electron chi connectivity index (χ1n) is 11.3. The van der Waals surface area contributed by atoms with Gasteiger partial charge in [0.1, 0.15) is 0 Å². The molecule has 0 aliphatic rings. The molecule has 2 N–H and O–H groups in total. The number of aryl methyl sites for hydroxylation is 2. The van der Waals surface area contributed by atoms with E-state index < -0.39 is 10.8 Å². The van der Waals surface area contributed by atoms with Crippen molar-refractivity contribution in [3.05, 3.63) is 123 Å². The SMILES string of the molecule is Cc1nn(-c2ccccc2)c(O)c1C(c1cccc([N+](=O)[O-])c1)c1c(C)nn(-c2ccccc2)c1O.[Cu]. The molecular weight excluding hydrogens is 522 g/mol. The molecule has 1 radical (unpaired) electrons. The van der Waals surface area contributed by atoms with E-state index in [4.69, 9.17) is 0 Å². The average molecular weight is 545 g/mol. The smallest absolute Gasteiger partial charge is 0.269 e. The fraction of sp³-hybridized carbons (Fsp3) is 0.111. The number of non-ortho nitro benzene ring substituents is 1. The maximum Gasteiger partial charge on any atom is 0.269 e. The van der Waals surface area contributed by atoms with Gasteiger partial charge in [-0.25, -0.2) is 9.36 Å². The fourth-order valence-corrected chi connectivity index (χ4v) is 4.52. The summed E-state index contributed by atoms with van der Waals surface area (Å²) in [5.74, 6) is -1.03. The van der Waals surface area contributed by atoms with Gasteiger partial charge in [-0.1, -0.05) is 48.5 Å². The molecule has 0 spiro atoms. The van der Waals surface area contributed by atoms with Crippen molar-refractivity contribution >= 4 is 5.69 Å². The van der Waals surface area contributed by atoms with E-state index in [9.17, 15) is 20.3 Å². The Kier molecular flexibility index (Phi) is 7.15.